The Morgan fingerprint density at radius 2 is 1.86 bits per heavy atom. The SMILES string of the molecule is Cl.O=C(NCCOC(=O)c1ccc(Cl)cc1)c1cccnc1. The molecule has 0 aliphatic heterocycles. The van der Waals surface area contributed by atoms with Crippen LogP contribution in [0.1, 0.15) is 20.7 Å². The first-order valence-electron chi connectivity index (χ1n) is 6.28. The van der Waals surface area contributed by atoms with Crippen molar-refractivity contribution in [2.75, 3.05) is 13.2 Å². The second-order valence-electron chi connectivity index (χ2n) is 4.14. The van der Waals surface area contributed by atoms with Crippen molar-refractivity contribution in [1.82, 2.24) is 10.3 Å². The van der Waals surface area contributed by atoms with E-state index in [2.05, 4.69) is 10.3 Å². The van der Waals surface area contributed by atoms with Gasteiger partial charge in [-0.2, -0.15) is 0 Å². The summed E-state index contributed by atoms with van der Waals surface area (Å²) in [5.74, 6) is -0.715. The van der Waals surface area contributed by atoms with Crippen LogP contribution in [-0.2, 0) is 4.74 Å². The van der Waals surface area contributed by atoms with Crippen LogP contribution in [0, 0.1) is 0 Å². The van der Waals surface area contributed by atoms with E-state index in [1.165, 1.54) is 6.20 Å². The first-order chi connectivity index (χ1) is 10.2. The Morgan fingerprint density at radius 1 is 1.14 bits per heavy atom. The highest BCUT2D eigenvalue weighted by atomic mass is 35.5. The van der Waals surface area contributed by atoms with E-state index in [0.29, 0.717) is 16.1 Å². The number of aromatic nitrogens is 1. The van der Waals surface area contributed by atoms with Crippen molar-refractivity contribution >= 4 is 35.9 Å². The smallest absolute Gasteiger partial charge is 0.338 e. The van der Waals surface area contributed by atoms with Gasteiger partial charge in [-0.3, -0.25) is 9.78 Å². The average molecular weight is 341 g/mol. The van der Waals surface area contributed by atoms with Crippen LogP contribution in [0.4, 0.5) is 0 Å². The third kappa shape index (κ3) is 5.35. The molecule has 0 saturated heterocycles. The monoisotopic (exact) mass is 340 g/mol. The van der Waals surface area contributed by atoms with E-state index in [4.69, 9.17) is 16.3 Å². The lowest BCUT2D eigenvalue weighted by molar-refractivity contribution is 0.0503. The summed E-state index contributed by atoms with van der Waals surface area (Å²) in [6, 6.07) is 9.72. The van der Waals surface area contributed by atoms with Gasteiger partial charge in [0.1, 0.15) is 6.61 Å². The van der Waals surface area contributed by atoms with Crippen LogP contribution in [0.15, 0.2) is 48.8 Å². The van der Waals surface area contributed by atoms with Gasteiger partial charge >= 0.3 is 5.97 Å². The Bertz CT molecular complexity index is 618. The maximum absolute atomic E-state index is 11.7. The number of hydrogen-bond donors (Lipinski definition) is 1. The van der Waals surface area contributed by atoms with Crippen molar-refractivity contribution in [3.05, 3.63) is 64.9 Å². The standard InChI is InChI=1S/C15H13ClN2O3.ClH/c16-13-5-3-11(4-6-13)15(20)21-9-8-18-14(19)12-2-1-7-17-10-12;/h1-7,10H,8-9H2,(H,18,19);1H. The summed E-state index contributed by atoms with van der Waals surface area (Å²) in [6.45, 7) is 0.320. The first kappa shape index (κ1) is 17.9. The Kier molecular flexibility index (Phi) is 7.36. The maximum atomic E-state index is 11.7. The van der Waals surface area contributed by atoms with E-state index in [-0.39, 0.29) is 31.5 Å². The number of benzene rings is 1. The number of esters is 1. The van der Waals surface area contributed by atoms with E-state index in [1.54, 1.807) is 42.6 Å². The van der Waals surface area contributed by atoms with Gasteiger partial charge in [-0.05, 0) is 36.4 Å². The predicted octanol–water partition coefficient (Wildman–Crippen LogP) is 2.74. The Balaban J connectivity index is 0.00000242. The second kappa shape index (κ2) is 9.02. The minimum atomic E-state index is -0.456. The molecule has 116 valence electrons. The fourth-order valence-electron chi connectivity index (χ4n) is 1.58. The zero-order valence-electron chi connectivity index (χ0n) is 11.5. The van der Waals surface area contributed by atoms with E-state index in [1.807, 2.05) is 0 Å². The van der Waals surface area contributed by atoms with Crippen LogP contribution < -0.4 is 5.32 Å². The number of ether oxygens (including phenoxy) is 1. The number of hydrogen-bond acceptors (Lipinski definition) is 4. The normalized spacial score (nSPS) is 9.50. The lowest BCUT2D eigenvalue weighted by Gasteiger charge is -2.06. The highest BCUT2D eigenvalue weighted by Gasteiger charge is 2.08. The Morgan fingerprint density at radius 3 is 2.50 bits per heavy atom. The largest absolute Gasteiger partial charge is 0.460 e. The predicted molar refractivity (Wildman–Crippen MR) is 85.6 cm³/mol. The van der Waals surface area contributed by atoms with Crippen LogP contribution >= 0.6 is 24.0 Å². The molecule has 1 heterocycles. The van der Waals surface area contributed by atoms with Crippen LogP contribution in [-0.4, -0.2) is 30.0 Å². The molecule has 0 spiro atoms. The van der Waals surface area contributed by atoms with Gasteiger partial charge in [0.25, 0.3) is 5.91 Å². The zero-order valence-corrected chi connectivity index (χ0v) is 13.1. The molecule has 0 bridgehead atoms. The highest BCUT2D eigenvalue weighted by Crippen LogP contribution is 2.10. The fourth-order valence-corrected chi connectivity index (χ4v) is 1.70. The molecular formula is C15H14Cl2N2O3. The Hall–Kier alpha value is -2.11. The van der Waals surface area contributed by atoms with Gasteiger partial charge < -0.3 is 10.1 Å². The summed E-state index contributed by atoms with van der Waals surface area (Å²) < 4.78 is 5.04. The minimum Gasteiger partial charge on any atom is -0.460 e. The zero-order chi connectivity index (χ0) is 15.1. The van der Waals surface area contributed by atoms with Crippen molar-refractivity contribution in [1.29, 1.82) is 0 Å². The number of pyridine rings is 1. The van der Waals surface area contributed by atoms with E-state index in [9.17, 15) is 9.59 Å². The van der Waals surface area contributed by atoms with E-state index >= 15 is 0 Å². The topological polar surface area (TPSA) is 68.3 Å². The van der Waals surface area contributed by atoms with Crippen LogP contribution in [0.2, 0.25) is 5.02 Å². The van der Waals surface area contributed by atoms with E-state index in [0.717, 1.165) is 0 Å². The van der Waals surface area contributed by atoms with Crippen molar-refractivity contribution < 1.29 is 14.3 Å². The average Bonchev–Trinajstić information content (AvgIpc) is 2.52. The summed E-state index contributed by atoms with van der Waals surface area (Å²) in [7, 11) is 0. The van der Waals surface area contributed by atoms with Crippen LogP contribution in [0.5, 0.6) is 0 Å². The fraction of sp³-hybridized carbons (Fsp3) is 0.133. The molecule has 0 unspecified atom stereocenters. The maximum Gasteiger partial charge on any atom is 0.338 e. The molecule has 22 heavy (non-hydrogen) atoms. The molecule has 1 N–H and O–H groups in total. The van der Waals surface area contributed by atoms with Crippen molar-refractivity contribution in [2.24, 2.45) is 0 Å². The van der Waals surface area contributed by atoms with Gasteiger partial charge in [0, 0.05) is 17.4 Å². The van der Waals surface area contributed by atoms with Gasteiger partial charge in [-0.15, -0.1) is 12.4 Å². The van der Waals surface area contributed by atoms with Crippen LogP contribution in [0.25, 0.3) is 0 Å². The van der Waals surface area contributed by atoms with E-state index < -0.39 is 5.97 Å². The first-order valence-corrected chi connectivity index (χ1v) is 6.65. The number of nitrogens with zero attached hydrogens (tertiary/aromatic N) is 1. The molecule has 0 aliphatic carbocycles. The lowest BCUT2D eigenvalue weighted by atomic mass is 10.2. The van der Waals surface area contributed by atoms with Gasteiger partial charge in [-0.25, -0.2) is 4.79 Å². The summed E-state index contributed by atoms with van der Waals surface area (Å²) >= 11 is 5.73. The van der Waals surface area contributed by atoms with Gasteiger partial charge in [0.05, 0.1) is 17.7 Å². The molecule has 2 aromatic rings. The molecule has 0 radical (unpaired) electrons. The number of halogens is 2. The summed E-state index contributed by atoms with van der Waals surface area (Å²) in [4.78, 5) is 27.2. The van der Waals surface area contributed by atoms with Gasteiger partial charge in [-0.1, -0.05) is 11.6 Å². The summed E-state index contributed by atoms with van der Waals surface area (Å²) in [5.41, 5.74) is 0.875. The number of nitrogens with one attached hydrogen (secondary N) is 1. The van der Waals surface area contributed by atoms with Crippen LogP contribution in [0.3, 0.4) is 0 Å². The third-order valence-electron chi connectivity index (χ3n) is 2.62. The third-order valence-corrected chi connectivity index (χ3v) is 2.88. The molecule has 1 amide bonds. The quantitative estimate of drug-likeness (QED) is 0.671. The number of amides is 1. The number of carbonyl (C=O) groups is 2. The summed E-state index contributed by atoms with van der Waals surface area (Å²) in [5, 5.41) is 3.19. The molecule has 0 aliphatic rings. The number of carbonyl (C=O) groups excluding carboxylic acids is 2. The highest BCUT2D eigenvalue weighted by molar-refractivity contribution is 6.30. The van der Waals surface area contributed by atoms with Gasteiger partial charge in [0.15, 0.2) is 0 Å². The van der Waals surface area contributed by atoms with Crippen molar-refractivity contribution in [3.8, 4) is 0 Å². The van der Waals surface area contributed by atoms with Crippen molar-refractivity contribution in [2.45, 2.75) is 0 Å². The summed E-state index contributed by atoms with van der Waals surface area (Å²) in [6.07, 6.45) is 3.06. The van der Waals surface area contributed by atoms with Gasteiger partial charge in [0.2, 0.25) is 0 Å². The lowest BCUT2D eigenvalue weighted by Crippen LogP contribution is -2.28. The molecule has 5 nitrogen and oxygen atoms in total. The Labute approximate surface area is 139 Å². The molecule has 0 fully saturated rings. The molecule has 7 heteroatoms. The second-order valence-corrected chi connectivity index (χ2v) is 4.58. The molecule has 1 aromatic heterocycles. The molecule has 0 atom stereocenters. The molecule has 2 rings (SSSR count). The molecular weight excluding hydrogens is 327 g/mol. The minimum absolute atomic E-state index is 0. The number of rotatable bonds is 5. The molecule has 0 saturated carbocycles. The van der Waals surface area contributed by atoms with Crippen molar-refractivity contribution in [3.63, 3.8) is 0 Å². The molecule has 1 aromatic carbocycles.